The molecule has 1 aliphatic carbocycles. The lowest BCUT2D eigenvalue weighted by Gasteiger charge is -2.25. The Kier molecular flexibility index (Phi) is 4.59. The molecule has 3 nitrogen and oxygen atoms in total. The maximum atomic E-state index is 12.9. The van der Waals surface area contributed by atoms with Crippen LogP contribution in [0.25, 0.3) is 0 Å². The van der Waals surface area contributed by atoms with Crippen LogP contribution in [0.4, 0.5) is 5.69 Å². The highest BCUT2D eigenvalue weighted by molar-refractivity contribution is 7.92. The number of anilines is 1. The number of halogens is 2. The van der Waals surface area contributed by atoms with Crippen molar-refractivity contribution in [2.45, 2.75) is 17.3 Å². The molecule has 0 aliphatic heterocycles. The molecule has 0 bridgehead atoms. The molecule has 1 fully saturated rings. The fourth-order valence-electron chi connectivity index (χ4n) is 2.49. The topological polar surface area (TPSA) is 37.4 Å². The van der Waals surface area contributed by atoms with E-state index in [1.165, 1.54) is 4.31 Å². The first-order valence-corrected chi connectivity index (χ1v) is 9.72. The average molecular weight is 370 g/mol. The molecule has 2 aromatic rings. The first-order valence-electron chi connectivity index (χ1n) is 7.36. The lowest BCUT2D eigenvalue weighted by Crippen LogP contribution is -2.33. The zero-order valence-corrected chi connectivity index (χ0v) is 14.7. The number of nitrogens with zero attached hydrogens (tertiary/aromatic N) is 1. The van der Waals surface area contributed by atoms with E-state index in [4.69, 9.17) is 23.2 Å². The number of benzene rings is 2. The molecule has 0 saturated heterocycles. The van der Waals surface area contributed by atoms with Crippen molar-refractivity contribution in [3.05, 3.63) is 66.2 Å². The Morgan fingerprint density at radius 2 is 1.52 bits per heavy atom. The van der Waals surface area contributed by atoms with Gasteiger partial charge >= 0.3 is 0 Å². The Morgan fingerprint density at radius 1 is 1.00 bits per heavy atom. The number of hydrogen-bond acceptors (Lipinski definition) is 2. The third kappa shape index (κ3) is 4.00. The normalized spacial score (nSPS) is 19.3. The standard InChI is InChI=1S/C17H17Cl2NO2S/c18-17(19)11-15(17)13-23(21,22)20(16-9-5-2-6-10-16)12-14-7-3-1-4-8-14/h1-10,15H,11-13H2/t15-/m1/s1. The molecule has 0 aromatic heterocycles. The van der Waals surface area contributed by atoms with Crippen LogP contribution >= 0.6 is 23.2 Å². The van der Waals surface area contributed by atoms with E-state index in [1.807, 2.05) is 48.5 Å². The third-order valence-electron chi connectivity index (χ3n) is 3.92. The van der Waals surface area contributed by atoms with E-state index in [1.54, 1.807) is 12.1 Å². The van der Waals surface area contributed by atoms with Crippen LogP contribution in [0, 0.1) is 5.92 Å². The second kappa shape index (κ2) is 6.34. The van der Waals surface area contributed by atoms with Gasteiger partial charge in [0.15, 0.2) is 0 Å². The molecule has 0 heterocycles. The summed E-state index contributed by atoms with van der Waals surface area (Å²) in [4.78, 5) is 0. The van der Waals surface area contributed by atoms with Crippen molar-refractivity contribution >= 4 is 38.9 Å². The Bertz CT molecular complexity index is 764. The number of alkyl halides is 2. The summed E-state index contributed by atoms with van der Waals surface area (Å²) < 4.78 is 26.3. The Morgan fingerprint density at radius 3 is 2.04 bits per heavy atom. The van der Waals surface area contributed by atoms with E-state index >= 15 is 0 Å². The van der Waals surface area contributed by atoms with Gasteiger partial charge in [-0.2, -0.15) is 0 Å². The quantitative estimate of drug-likeness (QED) is 0.714. The van der Waals surface area contributed by atoms with Gasteiger partial charge in [-0.15, -0.1) is 23.2 Å². The van der Waals surface area contributed by atoms with Gasteiger partial charge in [0, 0.05) is 5.92 Å². The first kappa shape index (κ1) is 16.6. The van der Waals surface area contributed by atoms with Crippen molar-refractivity contribution in [3.63, 3.8) is 0 Å². The summed E-state index contributed by atoms with van der Waals surface area (Å²) >= 11 is 12.0. The van der Waals surface area contributed by atoms with Crippen molar-refractivity contribution in [2.75, 3.05) is 10.1 Å². The van der Waals surface area contributed by atoms with Gasteiger partial charge in [0.2, 0.25) is 10.0 Å². The molecule has 0 N–H and O–H groups in total. The Hall–Kier alpha value is -1.23. The highest BCUT2D eigenvalue weighted by atomic mass is 35.5. The molecule has 1 saturated carbocycles. The minimum atomic E-state index is -3.52. The van der Waals surface area contributed by atoms with E-state index in [2.05, 4.69) is 0 Å². The fourth-order valence-corrected chi connectivity index (χ4v) is 5.08. The van der Waals surface area contributed by atoms with Crippen LogP contribution in [0.3, 0.4) is 0 Å². The molecule has 3 rings (SSSR count). The van der Waals surface area contributed by atoms with Crippen molar-refractivity contribution < 1.29 is 8.42 Å². The number of sulfonamides is 1. The average Bonchev–Trinajstić information content (AvgIpc) is 3.12. The van der Waals surface area contributed by atoms with E-state index in [0.717, 1.165) is 5.56 Å². The Balaban J connectivity index is 1.89. The maximum absolute atomic E-state index is 12.9. The second-order valence-corrected chi connectivity index (χ2v) is 9.25. The first-order chi connectivity index (χ1) is 10.9. The lowest BCUT2D eigenvalue weighted by molar-refractivity contribution is 0.586. The molecule has 0 spiro atoms. The zero-order chi connectivity index (χ0) is 16.5. The SMILES string of the molecule is O=S(=O)(C[C@H]1CC1(Cl)Cl)N(Cc1ccccc1)c1ccccc1. The summed E-state index contributed by atoms with van der Waals surface area (Å²) in [6, 6.07) is 18.6. The van der Waals surface area contributed by atoms with Crippen LogP contribution in [-0.2, 0) is 16.6 Å². The van der Waals surface area contributed by atoms with E-state index in [9.17, 15) is 8.42 Å². The predicted molar refractivity (Wildman–Crippen MR) is 95.4 cm³/mol. The highest BCUT2D eigenvalue weighted by Crippen LogP contribution is 2.53. The van der Waals surface area contributed by atoms with Gasteiger partial charge in [0.25, 0.3) is 0 Å². The molecular formula is C17H17Cl2NO2S. The molecule has 2 aromatic carbocycles. The minimum absolute atomic E-state index is 0.0400. The van der Waals surface area contributed by atoms with Gasteiger partial charge in [0.1, 0.15) is 4.33 Å². The number of hydrogen-bond donors (Lipinski definition) is 0. The summed E-state index contributed by atoms with van der Waals surface area (Å²) in [6.45, 7) is 0.289. The number of rotatable bonds is 6. The van der Waals surface area contributed by atoms with E-state index in [-0.39, 0.29) is 18.2 Å². The van der Waals surface area contributed by atoms with Gasteiger partial charge in [-0.1, -0.05) is 48.5 Å². The van der Waals surface area contributed by atoms with Gasteiger partial charge < -0.3 is 0 Å². The summed E-state index contributed by atoms with van der Waals surface area (Å²) in [5, 5.41) is 0. The van der Waals surface area contributed by atoms with Crippen LogP contribution in [0.5, 0.6) is 0 Å². The molecule has 0 amide bonds. The van der Waals surface area contributed by atoms with Gasteiger partial charge in [-0.05, 0) is 24.1 Å². The van der Waals surface area contributed by atoms with Gasteiger partial charge in [-0.25, -0.2) is 8.42 Å². The van der Waals surface area contributed by atoms with Crippen molar-refractivity contribution in [1.29, 1.82) is 0 Å². The van der Waals surface area contributed by atoms with Crippen molar-refractivity contribution in [1.82, 2.24) is 0 Å². The maximum Gasteiger partial charge on any atom is 0.235 e. The predicted octanol–water partition coefficient (Wildman–Crippen LogP) is 4.22. The van der Waals surface area contributed by atoms with E-state index in [0.29, 0.717) is 12.1 Å². The fraction of sp³-hybridized carbons (Fsp3) is 0.294. The van der Waals surface area contributed by atoms with E-state index < -0.39 is 14.4 Å². The summed E-state index contributed by atoms with van der Waals surface area (Å²) in [7, 11) is -3.52. The van der Waals surface area contributed by atoms with Crippen LogP contribution in [0.2, 0.25) is 0 Å². The molecule has 1 aliphatic rings. The number of para-hydroxylation sites is 1. The molecule has 23 heavy (non-hydrogen) atoms. The molecule has 1 atom stereocenters. The summed E-state index contributed by atoms with van der Waals surface area (Å²) in [5.74, 6) is -0.250. The zero-order valence-electron chi connectivity index (χ0n) is 12.4. The molecular weight excluding hydrogens is 353 g/mol. The third-order valence-corrected chi connectivity index (χ3v) is 6.68. The largest absolute Gasteiger partial charge is 0.266 e. The molecule has 122 valence electrons. The Labute approximate surface area is 146 Å². The monoisotopic (exact) mass is 369 g/mol. The van der Waals surface area contributed by atoms with Crippen molar-refractivity contribution in [3.8, 4) is 0 Å². The smallest absolute Gasteiger partial charge is 0.235 e. The molecule has 0 unspecified atom stereocenters. The van der Waals surface area contributed by atoms with Crippen LogP contribution in [-0.4, -0.2) is 18.5 Å². The van der Waals surface area contributed by atoms with Crippen LogP contribution in [0.1, 0.15) is 12.0 Å². The van der Waals surface area contributed by atoms with Crippen LogP contribution in [0.15, 0.2) is 60.7 Å². The molecule has 6 heteroatoms. The summed E-state index contributed by atoms with van der Waals surface area (Å²) in [6.07, 6.45) is 0.517. The second-order valence-electron chi connectivity index (χ2n) is 5.77. The van der Waals surface area contributed by atoms with Gasteiger partial charge in [-0.3, -0.25) is 4.31 Å². The van der Waals surface area contributed by atoms with Crippen molar-refractivity contribution in [2.24, 2.45) is 5.92 Å². The van der Waals surface area contributed by atoms with Gasteiger partial charge in [0.05, 0.1) is 18.0 Å². The highest BCUT2D eigenvalue weighted by Gasteiger charge is 2.54. The summed E-state index contributed by atoms with van der Waals surface area (Å²) in [5.41, 5.74) is 1.57. The minimum Gasteiger partial charge on any atom is -0.266 e. The van der Waals surface area contributed by atoms with Crippen LogP contribution < -0.4 is 4.31 Å². The molecule has 0 radical (unpaired) electrons. The lowest BCUT2D eigenvalue weighted by atomic mass is 10.2.